The Bertz CT molecular complexity index is 572. The quantitative estimate of drug-likeness (QED) is 0.845. The topological polar surface area (TPSA) is 76.7 Å². The number of rotatable bonds is 2. The van der Waals surface area contributed by atoms with Gasteiger partial charge in [0.1, 0.15) is 11.7 Å². The van der Waals surface area contributed by atoms with Gasteiger partial charge in [-0.1, -0.05) is 0 Å². The minimum absolute atomic E-state index is 0.0750. The second-order valence-electron chi connectivity index (χ2n) is 3.98. The third kappa shape index (κ3) is 1.57. The molecule has 88 valence electrons. The Morgan fingerprint density at radius 3 is 3.12 bits per heavy atom. The molecule has 1 aliphatic rings. The fraction of sp³-hybridized carbons (Fsp3) is 0.364. The number of carbonyl (C=O) groups is 1. The first-order valence-corrected chi connectivity index (χ1v) is 5.46. The highest BCUT2D eigenvalue weighted by atomic mass is 16.5. The molecular weight excluding hydrogens is 222 g/mol. The van der Waals surface area contributed by atoms with Gasteiger partial charge in [-0.3, -0.25) is 4.40 Å². The Morgan fingerprint density at radius 2 is 2.41 bits per heavy atom. The van der Waals surface area contributed by atoms with Crippen molar-refractivity contribution in [2.24, 2.45) is 0 Å². The summed E-state index contributed by atoms with van der Waals surface area (Å²) in [7, 11) is 0. The summed E-state index contributed by atoms with van der Waals surface area (Å²) < 4.78 is 7.23. The minimum Gasteiger partial charge on any atom is -0.478 e. The van der Waals surface area contributed by atoms with Crippen LogP contribution in [-0.2, 0) is 4.74 Å². The number of fused-ring (bicyclic) bond motifs is 1. The van der Waals surface area contributed by atoms with Gasteiger partial charge in [0.05, 0.1) is 0 Å². The summed E-state index contributed by atoms with van der Waals surface area (Å²) in [6.07, 6.45) is 3.59. The van der Waals surface area contributed by atoms with E-state index in [1.165, 1.54) is 6.07 Å². The van der Waals surface area contributed by atoms with Crippen LogP contribution < -0.4 is 0 Å². The number of ether oxygens (including phenoxy) is 1. The summed E-state index contributed by atoms with van der Waals surface area (Å²) >= 11 is 0. The molecule has 0 aromatic carbocycles. The van der Waals surface area contributed by atoms with Crippen LogP contribution in [0.15, 0.2) is 18.3 Å². The molecule has 6 heteroatoms. The fourth-order valence-corrected chi connectivity index (χ4v) is 2.10. The van der Waals surface area contributed by atoms with Gasteiger partial charge in [-0.15, -0.1) is 10.2 Å². The summed E-state index contributed by atoms with van der Waals surface area (Å²) in [6.45, 7) is 0.720. The van der Waals surface area contributed by atoms with Gasteiger partial charge in [0, 0.05) is 12.8 Å². The Hall–Kier alpha value is -1.95. The minimum atomic E-state index is -0.998. The lowest BCUT2D eigenvalue weighted by Gasteiger charge is -2.06. The van der Waals surface area contributed by atoms with Crippen LogP contribution in [0.25, 0.3) is 5.65 Å². The van der Waals surface area contributed by atoms with Gasteiger partial charge in [-0.05, 0) is 25.0 Å². The molecule has 17 heavy (non-hydrogen) atoms. The summed E-state index contributed by atoms with van der Waals surface area (Å²) in [5.74, 6) is -0.317. The summed E-state index contributed by atoms with van der Waals surface area (Å²) in [4.78, 5) is 11.0. The Labute approximate surface area is 96.8 Å². The van der Waals surface area contributed by atoms with Crippen molar-refractivity contribution in [2.75, 3.05) is 6.61 Å². The first-order chi connectivity index (χ1) is 8.27. The number of aromatic carboxylic acids is 1. The van der Waals surface area contributed by atoms with Crippen molar-refractivity contribution in [1.29, 1.82) is 0 Å². The van der Waals surface area contributed by atoms with E-state index in [2.05, 4.69) is 10.2 Å². The molecule has 2 aromatic rings. The van der Waals surface area contributed by atoms with E-state index in [0.717, 1.165) is 19.4 Å². The lowest BCUT2D eigenvalue weighted by molar-refractivity contribution is 0.0698. The first kappa shape index (κ1) is 10.2. The summed E-state index contributed by atoms with van der Waals surface area (Å²) in [5, 5.41) is 17.0. The molecule has 1 N–H and O–H groups in total. The second kappa shape index (κ2) is 3.81. The molecule has 0 aliphatic carbocycles. The maximum Gasteiger partial charge on any atom is 0.339 e. The lowest BCUT2D eigenvalue weighted by atomic mass is 10.2. The molecule has 1 saturated heterocycles. The Kier molecular flexibility index (Phi) is 2.29. The predicted octanol–water partition coefficient (Wildman–Crippen LogP) is 1.28. The van der Waals surface area contributed by atoms with Crippen LogP contribution in [0.2, 0.25) is 0 Å². The molecule has 3 heterocycles. The van der Waals surface area contributed by atoms with E-state index in [0.29, 0.717) is 11.5 Å². The number of carboxylic acids is 1. The smallest absolute Gasteiger partial charge is 0.339 e. The number of carboxylic acid groups (broad SMARTS) is 1. The van der Waals surface area contributed by atoms with E-state index >= 15 is 0 Å². The average Bonchev–Trinajstić information content (AvgIpc) is 2.96. The zero-order valence-electron chi connectivity index (χ0n) is 9.04. The molecule has 0 bridgehead atoms. The van der Waals surface area contributed by atoms with Crippen LogP contribution in [0.4, 0.5) is 0 Å². The largest absolute Gasteiger partial charge is 0.478 e. The van der Waals surface area contributed by atoms with Gasteiger partial charge >= 0.3 is 5.97 Å². The van der Waals surface area contributed by atoms with Crippen LogP contribution in [0.5, 0.6) is 0 Å². The first-order valence-electron chi connectivity index (χ1n) is 5.46. The SMILES string of the molecule is O=C(O)c1cccn2c(C3CCCO3)nnc12. The highest BCUT2D eigenvalue weighted by Gasteiger charge is 2.24. The molecule has 0 amide bonds. The maximum absolute atomic E-state index is 11.0. The van der Waals surface area contributed by atoms with Crippen molar-refractivity contribution in [3.8, 4) is 0 Å². The molecule has 0 saturated carbocycles. The molecular formula is C11H11N3O3. The van der Waals surface area contributed by atoms with Gasteiger partial charge in [0.2, 0.25) is 0 Å². The van der Waals surface area contributed by atoms with E-state index in [4.69, 9.17) is 9.84 Å². The lowest BCUT2D eigenvalue weighted by Crippen LogP contribution is -2.04. The molecule has 6 nitrogen and oxygen atoms in total. The third-order valence-corrected chi connectivity index (χ3v) is 2.91. The van der Waals surface area contributed by atoms with Crippen LogP contribution in [0.3, 0.4) is 0 Å². The van der Waals surface area contributed by atoms with Crippen molar-refractivity contribution < 1.29 is 14.6 Å². The monoisotopic (exact) mass is 233 g/mol. The average molecular weight is 233 g/mol. The number of nitrogens with zero attached hydrogens (tertiary/aromatic N) is 3. The van der Waals surface area contributed by atoms with Gasteiger partial charge in [-0.25, -0.2) is 4.79 Å². The van der Waals surface area contributed by atoms with Crippen molar-refractivity contribution in [3.05, 3.63) is 29.7 Å². The molecule has 1 unspecified atom stereocenters. The highest BCUT2D eigenvalue weighted by molar-refractivity contribution is 5.94. The molecule has 2 aromatic heterocycles. The Morgan fingerprint density at radius 1 is 1.53 bits per heavy atom. The molecule has 1 aliphatic heterocycles. The molecule has 0 spiro atoms. The fourth-order valence-electron chi connectivity index (χ4n) is 2.10. The second-order valence-corrected chi connectivity index (χ2v) is 3.98. The van der Waals surface area contributed by atoms with Crippen LogP contribution in [0, 0.1) is 0 Å². The summed E-state index contributed by atoms with van der Waals surface area (Å²) in [6, 6.07) is 3.20. The zero-order chi connectivity index (χ0) is 11.8. The number of hydrogen-bond donors (Lipinski definition) is 1. The molecule has 0 radical (unpaired) electrons. The molecule has 1 fully saturated rings. The van der Waals surface area contributed by atoms with Crippen molar-refractivity contribution in [3.63, 3.8) is 0 Å². The Balaban J connectivity index is 2.15. The van der Waals surface area contributed by atoms with Gasteiger partial charge in [0.25, 0.3) is 0 Å². The van der Waals surface area contributed by atoms with E-state index in [-0.39, 0.29) is 11.7 Å². The molecule has 3 rings (SSSR count). The van der Waals surface area contributed by atoms with Crippen LogP contribution in [0.1, 0.15) is 35.1 Å². The van der Waals surface area contributed by atoms with E-state index in [9.17, 15) is 4.79 Å². The normalized spacial score (nSPS) is 19.9. The standard InChI is InChI=1S/C11H11N3O3/c15-11(16)7-3-1-5-14-9(7)12-13-10(14)8-4-2-6-17-8/h1,3,5,8H,2,4,6H2,(H,15,16). The summed E-state index contributed by atoms with van der Waals surface area (Å²) in [5.41, 5.74) is 0.523. The van der Waals surface area contributed by atoms with Crippen molar-refractivity contribution in [2.45, 2.75) is 18.9 Å². The van der Waals surface area contributed by atoms with Gasteiger partial charge < -0.3 is 9.84 Å². The maximum atomic E-state index is 11.0. The van der Waals surface area contributed by atoms with E-state index in [1.54, 1.807) is 16.7 Å². The van der Waals surface area contributed by atoms with Crippen LogP contribution in [-0.4, -0.2) is 32.3 Å². The zero-order valence-corrected chi connectivity index (χ0v) is 9.04. The van der Waals surface area contributed by atoms with E-state index < -0.39 is 5.97 Å². The van der Waals surface area contributed by atoms with Crippen molar-refractivity contribution >= 4 is 11.6 Å². The van der Waals surface area contributed by atoms with E-state index in [1.807, 2.05) is 0 Å². The van der Waals surface area contributed by atoms with Crippen LogP contribution >= 0.6 is 0 Å². The number of hydrogen-bond acceptors (Lipinski definition) is 4. The van der Waals surface area contributed by atoms with Crippen molar-refractivity contribution in [1.82, 2.24) is 14.6 Å². The van der Waals surface area contributed by atoms with Gasteiger partial charge in [0.15, 0.2) is 11.5 Å². The third-order valence-electron chi connectivity index (χ3n) is 2.91. The predicted molar refractivity (Wildman–Crippen MR) is 57.9 cm³/mol. The van der Waals surface area contributed by atoms with Gasteiger partial charge in [-0.2, -0.15) is 0 Å². The highest BCUT2D eigenvalue weighted by Crippen LogP contribution is 2.27. The number of pyridine rings is 1. The number of aromatic nitrogens is 3. The molecule has 1 atom stereocenters.